The standard InChI is InChI=1S/C25H40O2/c1-23-11-8-18(27)14-16(23)4-5-19-20-6-7-22(24(20,2)12-9-21(19)23)25(3)15-17(25)10-13-26/h13,16-22,27H,4-12,14-15H2,1-3H3/t16-,17-,18-,19+,20?,21?,22?,23+,24+,25-/m1/s1. The molecule has 10 atom stereocenters. The lowest BCUT2D eigenvalue weighted by molar-refractivity contribution is -0.130. The molecule has 0 aromatic rings. The lowest BCUT2D eigenvalue weighted by Gasteiger charge is -2.61. The van der Waals surface area contributed by atoms with Crippen LogP contribution in [-0.2, 0) is 4.79 Å². The van der Waals surface area contributed by atoms with Crippen LogP contribution in [0.5, 0.6) is 0 Å². The monoisotopic (exact) mass is 372 g/mol. The zero-order valence-electron chi connectivity index (χ0n) is 17.8. The van der Waals surface area contributed by atoms with Gasteiger partial charge in [-0.05, 0) is 116 Å². The van der Waals surface area contributed by atoms with E-state index < -0.39 is 0 Å². The molecule has 2 heteroatoms. The van der Waals surface area contributed by atoms with Crippen molar-refractivity contribution in [2.24, 2.45) is 51.8 Å². The van der Waals surface area contributed by atoms with Gasteiger partial charge in [0.05, 0.1) is 6.10 Å². The van der Waals surface area contributed by atoms with E-state index in [1.807, 2.05) is 0 Å². The highest BCUT2D eigenvalue weighted by molar-refractivity contribution is 5.51. The summed E-state index contributed by atoms with van der Waals surface area (Å²) >= 11 is 0. The fourth-order valence-electron chi connectivity index (χ4n) is 9.69. The molecule has 0 aromatic carbocycles. The van der Waals surface area contributed by atoms with Gasteiger partial charge in [0.2, 0.25) is 0 Å². The topological polar surface area (TPSA) is 37.3 Å². The molecule has 2 nitrogen and oxygen atoms in total. The number of rotatable bonds is 3. The smallest absolute Gasteiger partial charge is 0.120 e. The molecule has 3 unspecified atom stereocenters. The summed E-state index contributed by atoms with van der Waals surface area (Å²) in [6.07, 6.45) is 15.0. The quantitative estimate of drug-likeness (QED) is 0.653. The zero-order valence-corrected chi connectivity index (χ0v) is 17.8. The SMILES string of the molecule is C[C@]12CCC3[C@@H](CC[C@@H]4C[C@H](O)CC[C@]34C)C1CCC2[C@]1(C)C[C@H]1CC=O. The van der Waals surface area contributed by atoms with Crippen LogP contribution in [0.4, 0.5) is 0 Å². The lowest BCUT2D eigenvalue weighted by atomic mass is 9.44. The lowest BCUT2D eigenvalue weighted by Crippen LogP contribution is -2.54. The highest BCUT2D eigenvalue weighted by Gasteiger charge is 2.66. The first-order chi connectivity index (χ1) is 12.8. The number of hydrogen-bond donors (Lipinski definition) is 1. The molecular weight excluding hydrogens is 332 g/mol. The molecule has 0 aromatic heterocycles. The number of aldehydes is 1. The third-order valence-corrected chi connectivity index (χ3v) is 11.3. The first-order valence-electron chi connectivity index (χ1n) is 11.9. The van der Waals surface area contributed by atoms with Crippen molar-refractivity contribution < 1.29 is 9.90 Å². The van der Waals surface area contributed by atoms with Gasteiger partial charge in [-0.15, -0.1) is 0 Å². The summed E-state index contributed by atoms with van der Waals surface area (Å²) in [4.78, 5) is 11.1. The van der Waals surface area contributed by atoms with Crippen LogP contribution in [0, 0.1) is 51.8 Å². The molecule has 0 radical (unpaired) electrons. The molecule has 5 fully saturated rings. The first-order valence-corrected chi connectivity index (χ1v) is 11.9. The average Bonchev–Trinajstić information content (AvgIpc) is 3.12. The Balaban J connectivity index is 1.38. The molecule has 0 amide bonds. The number of fused-ring (bicyclic) bond motifs is 5. The minimum atomic E-state index is -0.0334. The Morgan fingerprint density at radius 3 is 2.41 bits per heavy atom. The van der Waals surface area contributed by atoms with Crippen LogP contribution in [0.1, 0.15) is 91.4 Å². The first kappa shape index (κ1) is 18.6. The number of aliphatic hydroxyl groups excluding tert-OH is 1. The van der Waals surface area contributed by atoms with Gasteiger partial charge < -0.3 is 9.90 Å². The Hall–Kier alpha value is -0.370. The largest absolute Gasteiger partial charge is 0.393 e. The molecule has 1 N–H and O–H groups in total. The third kappa shape index (κ3) is 2.50. The van der Waals surface area contributed by atoms with Crippen LogP contribution < -0.4 is 0 Å². The molecule has 5 rings (SSSR count). The van der Waals surface area contributed by atoms with Crippen molar-refractivity contribution in [1.82, 2.24) is 0 Å². The van der Waals surface area contributed by atoms with Crippen LogP contribution in [0.3, 0.4) is 0 Å². The Labute approximate surface area is 165 Å². The van der Waals surface area contributed by atoms with Crippen molar-refractivity contribution in [3.63, 3.8) is 0 Å². The number of hydrogen-bond acceptors (Lipinski definition) is 2. The van der Waals surface area contributed by atoms with Crippen molar-refractivity contribution >= 4 is 6.29 Å². The maximum Gasteiger partial charge on any atom is 0.120 e. The molecule has 0 spiro atoms. The van der Waals surface area contributed by atoms with E-state index in [2.05, 4.69) is 20.8 Å². The molecule has 0 aliphatic heterocycles. The second-order valence-electron chi connectivity index (χ2n) is 12.1. The van der Waals surface area contributed by atoms with E-state index in [1.165, 1.54) is 57.7 Å². The van der Waals surface area contributed by atoms with E-state index in [9.17, 15) is 9.90 Å². The normalized spacial score (nSPS) is 59.5. The minimum Gasteiger partial charge on any atom is -0.393 e. The van der Waals surface area contributed by atoms with Gasteiger partial charge in [0.25, 0.3) is 0 Å². The molecule has 5 saturated carbocycles. The van der Waals surface area contributed by atoms with Crippen molar-refractivity contribution in [3.05, 3.63) is 0 Å². The van der Waals surface area contributed by atoms with E-state index in [1.54, 1.807) is 0 Å². The Bertz CT molecular complexity index is 615. The molecule has 27 heavy (non-hydrogen) atoms. The van der Waals surface area contributed by atoms with Crippen molar-refractivity contribution in [1.29, 1.82) is 0 Å². The van der Waals surface area contributed by atoms with Crippen LogP contribution in [-0.4, -0.2) is 17.5 Å². The molecule has 0 bridgehead atoms. The maximum atomic E-state index is 11.1. The number of carbonyl (C=O) groups is 1. The van der Waals surface area contributed by atoms with Crippen molar-refractivity contribution in [3.8, 4) is 0 Å². The average molecular weight is 373 g/mol. The minimum absolute atomic E-state index is 0.0334. The van der Waals surface area contributed by atoms with E-state index in [-0.39, 0.29) is 6.10 Å². The highest BCUT2D eigenvalue weighted by atomic mass is 16.3. The molecular formula is C25H40O2. The molecule has 5 aliphatic carbocycles. The van der Waals surface area contributed by atoms with Crippen LogP contribution in [0.25, 0.3) is 0 Å². The summed E-state index contributed by atoms with van der Waals surface area (Å²) < 4.78 is 0. The van der Waals surface area contributed by atoms with E-state index in [0.29, 0.717) is 22.2 Å². The summed E-state index contributed by atoms with van der Waals surface area (Å²) in [5.41, 5.74) is 1.46. The summed E-state index contributed by atoms with van der Waals surface area (Å²) in [5.74, 6) is 5.03. The second kappa shape index (κ2) is 6.07. The van der Waals surface area contributed by atoms with Gasteiger partial charge in [-0.25, -0.2) is 0 Å². The van der Waals surface area contributed by atoms with Gasteiger partial charge >= 0.3 is 0 Å². The molecule has 152 valence electrons. The van der Waals surface area contributed by atoms with Crippen LogP contribution in [0.2, 0.25) is 0 Å². The summed E-state index contributed by atoms with van der Waals surface area (Å²) in [5, 5.41) is 10.2. The van der Waals surface area contributed by atoms with E-state index >= 15 is 0 Å². The van der Waals surface area contributed by atoms with Gasteiger partial charge in [-0.2, -0.15) is 0 Å². The summed E-state index contributed by atoms with van der Waals surface area (Å²) in [6, 6.07) is 0. The molecule has 0 saturated heterocycles. The van der Waals surface area contributed by atoms with Gasteiger partial charge in [-0.3, -0.25) is 0 Å². The fraction of sp³-hybridized carbons (Fsp3) is 0.960. The van der Waals surface area contributed by atoms with E-state index in [4.69, 9.17) is 0 Å². The molecule has 0 heterocycles. The molecule has 5 aliphatic rings. The Morgan fingerprint density at radius 2 is 1.63 bits per heavy atom. The zero-order chi connectivity index (χ0) is 19.0. The van der Waals surface area contributed by atoms with Crippen LogP contribution in [0.15, 0.2) is 0 Å². The number of carbonyl (C=O) groups excluding carboxylic acids is 1. The summed E-state index contributed by atoms with van der Waals surface area (Å²) in [6.45, 7) is 7.75. The third-order valence-electron chi connectivity index (χ3n) is 11.3. The van der Waals surface area contributed by atoms with Crippen molar-refractivity contribution in [2.45, 2.75) is 97.5 Å². The predicted octanol–water partition coefficient (Wildman–Crippen LogP) is 5.62. The maximum absolute atomic E-state index is 11.1. The predicted molar refractivity (Wildman–Crippen MR) is 108 cm³/mol. The van der Waals surface area contributed by atoms with Gasteiger partial charge in [0.15, 0.2) is 0 Å². The second-order valence-corrected chi connectivity index (χ2v) is 12.1. The Kier molecular flexibility index (Phi) is 4.19. The number of aliphatic hydroxyl groups is 1. The summed E-state index contributed by atoms with van der Waals surface area (Å²) in [7, 11) is 0. The Morgan fingerprint density at radius 1 is 0.889 bits per heavy atom. The van der Waals surface area contributed by atoms with Crippen LogP contribution >= 0.6 is 0 Å². The van der Waals surface area contributed by atoms with Gasteiger partial charge in [-0.1, -0.05) is 20.8 Å². The van der Waals surface area contributed by atoms with Gasteiger partial charge in [0, 0.05) is 6.42 Å². The van der Waals surface area contributed by atoms with Gasteiger partial charge in [0.1, 0.15) is 6.29 Å². The highest BCUT2D eigenvalue weighted by Crippen LogP contribution is 2.74. The fourth-order valence-corrected chi connectivity index (χ4v) is 9.69. The van der Waals surface area contributed by atoms with Crippen molar-refractivity contribution in [2.75, 3.05) is 0 Å². The van der Waals surface area contributed by atoms with E-state index in [0.717, 1.165) is 48.9 Å².